The number of hydrogen-bond donors (Lipinski definition) is 2. The quantitative estimate of drug-likeness (QED) is 0.221. The fourth-order valence-corrected chi connectivity index (χ4v) is 6.41. The van der Waals surface area contributed by atoms with E-state index in [1.807, 2.05) is 65.6 Å². The average molecular weight is 633 g/mol. The maximum absolute atomic E-state index is 13.7. The van der Waals surface area contributed by atoms with Crippen LogP contribution >= 0.6 is 0 Å². The molecule has 0 saturated carbocycles. The highest BCUT2D eigenvalue weighted by atomic mass is 16.6. The van der Waals surface area contributed by atoms with E-state index in [1.165, 1.54) is 0 Å². The van der Waals surface area contributed by atoms with E-state index in [9.17, 15) is 14.7 Å². The number of carboxylic acid groups (broad SMARTS) is 1. The molecule has 2 aliphatic rings. The Labute approximate surface area is 270 Å². The van der Waals surface area contributed by atoms with E-state index in [0.717, 1.165) is 40.8 Å². The van der Waals surface area contributed by atoms with E-state index in [1.54, 1.807) is 7.11 Å². The number of rotatable bonds is 15. The fraction of sp³-hybridized carbons (Fsp3) is 0.444. The zero-order chi connectivity index (χ0) is 32.5. The van der Waals surface area contributed by atoms with Crippen molar-refractivity contribution in [1.82, 2.24) is 4.90 Å². The van der Waals surface area contributed by atoms with Gasteiger partial charge in [-0.2, -0.15) is 0 Å². The normalized spacial score (nSPS) is 19.2. The molecule has 46 heavy (non-hydrogen) atoms. The minimum absolute atomic E-state index is 0.0355. The van der Waals surface area contributed by atoms with Gasteiger partial charge in [0.2, 0.25) is 5.91 Å². The molecule has 0 bridgehead atoms. The number of likely N-dealkylation sites (tertiary alicyclic amines) is 1. The molecule has 0 aliphatic carbocycles. The molecule has 3 atom stereocenters. The molecule has 10 heteroatoms. The number of carbonyl (C=O) groups excluding carboxylic acids is 1. The minimum atomic E-state index is -0.925. The number of amides is 1. The van der Waals surface area contributed by atoms with Crippen LogP contribution in [0.5, 0.6) is 17.2 Å². The largest absolute Gasteiger partial charge is 0.491 e. The van der Waals surface area contributed by atoms with Gasteiger partial charge in [-0.25, -0.2) is 0 Å². The molecule has 0 spiro atoms. The van der Waals surface area contributed by atoms with Gasteiger partial charge in [-0.1, -0.05) is 50.2 Å². The van der Waals surface area contributed by atoms with Crippen LogP contribution < -0.4 is 19.5 Å². The van der Waals surface area contributed by atoms with Gasteiger partial charge in [0, 0.05) is 31.3 Å². The van der Waals surface area contributed by atoms with E-state index in [4.69, 9.17) is 23.7 Å². The Morgan fingerprint density at radius 3 is 2.24 bits per heavy atom. The summed E-state index contributed by atoms with van der Waals surface area (Å²) < 4.78 is 27.8. The maximum atomic E-state index is 13.7. The lowest BCUT2D eigenvalue weighted by Gasteiger charge is -2.27. The molecule has 246 valence electrons. The average Bonchev–Trinajstić information content (AvgIpc) is 3.45. The van der Waals surface area contributed by atoms with Gasteiger partial charge in [0.25, 0.3) is 0 Å². The van der Waals surface area contributed by atoms with Gasteiger partial charge >= 0.3 is 5.97 Å². The van der Waals surface area contributed by atoms with E-state index >= 15 is 0 Å². The Hall–Kier alpha value is -4.12. The van der Waals surface area contributed by atoms with Crippen LogP contribution in [0.2, 0.25) is 0 Å². The second-order valence-electron chi connectivity index (χ2n) is 11.5. The molecule has 1 saturated heterocycles. The number of ether oxygens (including phenoxy) is 5. The summed E-state index contributed by atoms with van der Waals surface area (Å²) >= 11 is 0. The number of nitrogens with one attached hydrogen (secondary N) is 1. The third-order valence-corrected chi connectivity index (χ3v) is 8.64. The van der Waals surface area contributed by atoms with Gasteiger partial charge in [0.05, 0.1) is 32.3 Å². The van der Waals surface area contributed by atoms with E-state index in [2.05, 4.69) is 19.2 Å². The Balaban J connectivity index is 1.41. The third kappa shape index (κ3) is 7.81. The lowest BCUT2D eigenvalue weighted by Crippen LogP contribution is -2.35. The van der Waals surface area contributed by atoms with Crippen LogP contribution in [0.25, 0.3) is 0 Å². The van der Waals surface area contributed by atoms with Crippen LogP contribution in [0.15, 0.2) is 60.7 Å². The molecule has 3 aromatic carbocycles. The second-order valence-corrected chi connectivity index (χ2v) is 11.5. The highest BCUT2D eigenvalue weighted by Gasteiger charge is 2.48. The summed E-state index contributed by atoms with van der Waals surface area (Å²) in [7, 11) is 1.63. The van der Waals surface area contributed by atoms with Crippen LogP contribution in [0.3, 0.4) is 0 Å². The highest BCUT2D eigenvalue weighted by molar-refractivity contribution is 5.94. The standard InChI is InChI=1S/C36H44N2O8/c1-4-24-7-6-8-25(5-2)34(24)37-32(39)23-38-22-29(27-11-14-30-31(21-27)46-20-19-45-30)33(36(40)41)35(38)26-9-12-28(13-10-26)44-18-17-43-16-15-42-3/h6-14,21,29,33,35H,4-5,15-20,22-23H2,1-3H3,(H,37,39)(H,40,41)/t29-,33?,35+/m1/s1. The van der Waals surface area contributed by atoms with Crippen molar-refractivity contribution in [3.05, 3.63) is 82.9 Å². The summed E-state index contributed by atoms with van der Waals surface area (Å²) in [4.78, 5) is 28.7. The van der Waals surface area contributed by atoms with Crippen LogP contribution in [0.4, 0.5) is 5.69 Å². The number of methoxy groups -OCH3 is 1. The lowest BCUT2D eigenvalue weighted by atomic mass is 9.82. The van der Waals surface area contributed by atoms with Gasteiger partial charge in [-0.15, -0.1) is 0 Å². The van der Waals surface area contributed by atoms with Gasteiger partial charge < -0.3 is 34.1 Å². The van der Waals surface area contributed by atoms with Crippen molar-refractivity contribution in [1.29, 1.82) is 0 Å². The number of anilines is 1. The van der Waals surface area contributed by atoms with Crippen LogP contribution in [0, 0.1) is 5.92 Å². The topological polar surface area (TPSA) is 116 Å². The lowest BCUT2D eigenvalue weighted by molar-refractivity contribution is -0.143. The number of aliphatic carboxylic acids is 1. The zero-order valence-electron chi connectivity index (χ0n) is 26.8. The van der Waals surface area contributed by atoms with Crippen molar-refractivity contribution >= 4 is 17.6 Å². The van der Waals surface area contributed by atoms with Crippen molar-refractivity contribution in [2.24, 2.45) is 5.92 Å². The molecule has 1 fully saturated rings. The van der Waals surface area contributed by atoms with Crippen LogP contribution in [-0.2, 0) is 31.9 Å². The van der Waals surface area contributed by atoms with Gasteiger partial charge in [-0.05, 0) is 59.4 Å². The summed E-state index contributed by atoms with van der Waals surface area (Å²) in [6.07, 6.45) is 1.58. The number of aryl methyl sites for hydroxylation is 2. The molecule has 2 aliphatic heterocycles. The molecule has 5 rings (SSSR count). The van der Waals surface area contributed by atoms with Crippen LogP contribution in [-0.4, -0.2) is 81.7 Å². The summed E-state index contributed by atoms with van der Waals surface area (Å²) in [5, 5.41) is 13.8. The Kier molecular flexibility index (Phi) is 11.5. The van der Waals surface area contributed by atoms with Crippen molar-refractivity contribution < 1.29 is 38.4 Å². The molecular weight excluding hydrogens is 588 g/mol. The summed E-state index contributed by atoms with van der Waals surface area (Å²) in [6.45, 7) is 7.27. The molecule has 1 amide bonds. The molecule has 10 nitrogen and oxygen atoms in total. The van der Waals surface area contributed by atoms with Crippen molar-refractivity contribution in [2.45, 2.75) is 38.6 Å². The molecule has 1 unspecified atom stereocenters. The Morgan fingerprint density at radius 1 is 0.891 bits per heavy atom. The van der Waals surface area contributed by atoms with Crippen molar-refractivity contribution in [2.75, 3.05) is 65.2 Å². The predicted molar refractivity (Wildman–Crippen MR) is 174 cm³/mol. The number of carbonyl (C=O) groups is 2. The maximum Gasteiger partial charge on any atom is 0.309 e. The van der Waals surface area contributed by atoms with Crippen LogP contribution in [0.1, 0.15) is 48.1 Å². The molecule has 2 heterocycles. The van der Waals surface area contributed by atoms with E-state index in [-0.39, 0.29) is 18.4 Å². The fourth-order valence-electron chi connectivity index (χ4n) is 6.41. The number of carboxylic acids is 1. The van der Waals surface area contributed by atoms with Gasteiger partial charge in [-0.3, -0.25) is 14.5 Å². The zero-order valence-corrected chi connectivity index (χ0v) is 26.8. The Bertz CT molecular complexity index is 1460. The first-order valence-electron chi connectivity index (χ1n) is 16.0. The molecule has 3 aromatic rings. The molecule has 2 N–H and O–H groups in total. The van der Waals surface area contributed by atoms with Crippen molar-refractivity contribution in [3.8, 4) is 17.2 Å². The predicted octanol–water partition coefficient (Wildman–Crippen LogP) is 5.10. The van der Waals surface area contributed by atoms with Gasteiger partial charge in [0.15, 0.2) is 11.5 Å². The van der Waals surface area contributed by atoms with Gasteiger partial charge in [0.1, 0.15) is 25.6 Å². The first-order valence-corrected chi connectivity index (χ1v) is 16.0. The number of hydrogen-bond acceptors (Lipinski definition) is 8. The molecule has 0 aromatic heterocycles. The number of benzene rings is 3. The number of nitrogens with zero attached hydrogens (tertiary/aromatic N) is 1. The summed E-state index contributed by atoms with van der Waals surface area (Å²) in [6, 6.07) is 18.6. The highest BCUT2D eigenvalue weighted by Crippen LogP contribution is 2.47. The summed E-state index contributed by atoms with van der Waals surface area (Å²) in [5.41, 5.74) is 4.62. The second kappa shape index (κ2) is 15.9. The smallest absolute Gasteiger partial charge is 0.309 e. The van der Waals surface area contributed by atoms with Crippen molar-refractivity contribution in [3.63, 3.8) is 0 Å². The minimum Gasteiger partial charge on any atom is -0.491 e. The summed E-state index contributed by atoms with van der Waals surface area (Å²) in [5.74, 6) is -0.400. The van der Waals surface area contributed by atoms with E-state index in [0.29, 0.717) is 63.4 Å². The monoisotopic (exact) mass is 632 g/mol. The first-order chi connectivity index (χ1) is 22.4. The third-order valence-electron chi connectivity index (χ3n) is 8.64. The number of fused-ring (bicyclic) bond motifs is 1. The number of para-hydroxylation sites is 1. The van der Waals surface area contributed by atoms with E-state index < -0.39 is 17.9 Å². The Morgan fingerprint density at radius 2 is 1.57 bits per heavy atom. The SMILES string of the molecule is CCc1cccc(CC)c1NC(=O)CN1C[C@H](c2ccc3c(c2)OCCO3)C(C(=O)O)[C@@H]1c1ccc(OCCOCCOC)cc1. The molecule has 0 radical (unpaired) electrons. The first kappa shape index (κ1) is 33.2. The molecular formula is C36H44N2O8.